The van der Waals surface area contributed by atoms with Crippen molar-refractivity contribution >= 4 is 11.8 Å². The number of carbonyl (C=O) groups excluding carboxylic acids is 2. The zero-order valence-electron chi connectivity index (χ0n) is 15.5. The van der Waals surface area contributed by atoms with Crippen LogP contribution in [0.4, 0.5) is 0 Å². The van der Waals surface area contributed by atoms with E-state index in [0.29, 0.717) is 38.0 Å². The first-order valence-corrected chi connectivity index (χ1v) is 9.10. The zero-order chi connectivity index (χ0) is 19.0. The number of pyridine rings is 1. The molecule has 0 aromatic carbocycles. The van der Waals surface area contributed by atoms with Gasteiger partial charge < -0.3 is 19.1 Å². The second-order valence-electron chi connectivity index (χ2n) is 7.27. The molecule has 0 unspecified atom stereocenters. The molecule has 1 atom stereocenters. The summed E-state index contributed by atoms with van der Waals surface area (Å²) in [6.07, 6.45) is 7.54. The summed E-state index contributed by atoms with van der Waals surface area (Å²) in [5, 5.41) is 0. The van der Waals surface area contributed by atoms with Crippen LogP contribution in [0.15, 0.2) is 36.9 Å². The number of fused-ring (bicyclic) bond motifs is 2. The summed E-state index contributed by atoms with van der Waals surface area (Å²) < 4.78 is 8.34. The molecule has 8 nitrogen and oxygen atoms in total. The van der Waals surface area contributed by atoms with Gasteiger partial charge in [-0.05, 0) is 12.1 Å². The maximum atomic E-state index is 12.7. The maximum Gasteiger partial charge on any atom is 0.255 e. The Balaban J connectivity index is 1.54. The third-order valence-corrected chi connectivity index (χ3v) is 5.34. The van der Waals surface area contributed by atoms with Crippen LogP contribution in [0.25, 0.3) is 0 Å². The Morgan fingerprint density at radius 1 is 1.26 bits per heavy atom. The number of likely N-dealkylation sites (tertiary alicyclic amines) is 1. The summed E-state index contributed by atoms with van der Waals surface area (Å²) in [4.78, 5) is 37.1. The van der Waals surface area contributed by atoms with Crippen LogP contribution in [0.3, 0.4) is 0 Å². The number of piperidine rings is 1. The molecule has 1 spiro atoms. The van der Waals surface area contributed by atoms with E-state index in [1.807, 2.05) is 15.7 Å². The lowest BCUT2D eigenvalue weighted by atomic mass is 9.88. The van der Waals surface area contributed by atoms with Crippen LogP contribution in [0, 0.1) is 0 Å². The minimum absolute atomic E-state index is 0.0296. The molecule has 0 radical (unpaired) electrons. The maximum absolute atomic E-state index is 12.7. The molecular weight excluding hydrogens is 346 g/mol. The number of amides is 2. The highest BCUT2D eigenvalue weighted by molar-refractivity contribution is 5.93. The number of nitrogens with zero attached hydrogens (tertiary/aromatic N) is 5. The first-order chi connectivity index (χ1) is 13.0. The standard InChI is InChI=1S/C19H23N5O3/c1-22(2)17(26)15-13-24-11-8-21-18(24)19(27-15)5-9-23(10-6-19)16(25)14-4-3-7-20-12-14/h3-4,7-8,11-12,15H,5-6,9-10,13H2,1-2H3/t15-/m0/s1. The fourth-order valence-electron chi connectivity index (χ4n) is 3.90. The van der Waals surface area contributed by atoms with Gasteiger partial charge in [0.2, 0.25) is 0 Å². The van der Waals surface area contributed by atoms with Crippen molar-refractivity contribution in [3.63, 3.8) is 0 Å². The third-order valence-electron chi connectivity index (χ3n) is 5.34. The first-order valence-electron chi connectivity index (χ1n) is 9.10. The van der Waals surface area contributed by atoms with Crippen LogP contribution in [0.5, 0.6) is 0 Å². The summed E-state index contributed by atoms with van der Waals surface area (Å²) in [7, 11) is 3.47. The van der Waals surface area contributed by atoms with E-state index in [1.165, 1.54) is 0 Å². The largest absolute Gasteiger partial charge is 0.352 e. The number of carbonyl (C=O) groups is 2. The van der Waals surface area contributed by atoms with E-state index < -0.39 is 11.7 Å². The summed E-state index contributed by atoms with van der Waals surface area (Å²) in [5.74, 6) is 0.763. The van der Waals surface area contributed by atoms with Gasteiger partial charge in [0.1, 0.15) is 11.4 Å². The molecule has 0 N–H and O–H groups in total. The number of imidazole rings is 1. The van der Waals surface area contributed by atoms with Gasteiger partial charge in [0.05, 0.1) is 12.1 Å². The van der Waals surface area contributed by atoms with E-state index in [-0.39, 0.29) is 11.8 Å². The molecule has 27 heavy (non-hydrogen) atoms. The lowest BCUT2D eigenvalue weighted by molar-refractivity contribution is -0.178. The number of aromatic nitrogens is 3. The van der Waals surface area contributed by atoms with E-state index >= 15 is 0 Å². The minimum Gasteiger partial charge on any atom is -0.352 e. The van der Waals surface area contributed by atoms with Crippen molar-refractivity contribution in [1.82, 2.24) is 24.3 Å². The molecular formula is C19H23N5O3. The molecule has 2 amide bonds. The van der Waals surface area contributed by atoms with Crippen molar-refractivity contribution < 1.29 is 14.3 Å². The predicted molar refractivity (Wildman–Crippen MR) is 96.8 cm³/mol. The van der Waals surface area contributed by atoms with Crippen molar-refractivity contribution in [1.29, 1.82) is 0 Å². The molecule has 0 bridgehead atoms. The van der Waals surface area contributed by atoms with Gasteiger partial charge in [-0.25, -0.2) is 4.98 Å². The van der Waals surface area contributed by atoms with Crippen molar-refractivity contribution in [2.45, 2.75) is 31.1 Å². The van der Waals surface area contributed by atoms with Crippen LogP contribution in [0.1, 0.15) is 29.0 Å². The van der Waals surface area contributed by atoms with Crippen molar-refractivity contribution in [2.24, 2.45) is 0 Å². The second kappa shape index (κ2) is 6.77. The highest BCUT2D eigenvalue weighted by Crippen LogP contribution is 2.40. The van der Waals surface area contributed by atoms with Crippen LogP contribution in [-0.2, 0) is 21.7 Å². The molecule has 1 saturated heterocycles. The summed E-state index contributed by atoms with van der Waals surface area (Å²) in [6.45, 7) is 1.55. The van der Waals surface area contributed by atoms with Crippen molar-refractivity contribution in [3.05, 3.63) is 48.3 Å². The molecule has 2 aliphatic heterocycles. The average Bonchev–Trinajstić information content (AvgIpc) is 3.18. The molecule has 0 aliphatic carbocycles. The fourth-order valence-corrected chi connectivity index (χ4v) is 3.90. The second-order valence-corrected chi connectivity index (χ2v) is 7.27. The Labute approximate surface area is 157 Å². The first kappa shape index (κ1) is 17.7. The van der Waals surface area contributed by atoms with E-state index in [4.69, 9.17) is 4.74 Å². The fraction of sp³-hybridized carbons (Fsp3) is 0.474. The predicted octanol–water partition coefficient (Wildman–Crippen LogP) is 0.897. The molecule has 4 rings (SSSR count). The van der Waals surface area contributed by atoms with Gasteiger partial charge in [-0.2, -0.15) is 0 Å². The van der Waals surface area contributed by atoms with E-state index in [0.717, 1.165) is 5.82 Å². The Morgan fingerprint density at radius 3 is 2.70 bits per heavy atom. The van der Waals surface area contributed by atoms with Crippen LogP contribution < -0.4 is 0 Å². The topological polar surface area (TPSA) is 80.6 Å². The Bertz CT molecular complexity index is 840. The Hall–Kier alpha value is -2.74. The molecule has 0 saturated carbocycles. The Morgan fingerprint density at radius 2 is 2.04 bits per heavy atom. The molecule has 8 heteroatoms. The molecule has 4 heterocycles. The van der Waals surface area contributed by atoms with E-state index in [1.54, 1.807) is 49.7 Å². The van der Waals surface area contributed by atoms with Gasteiger partial charge in [0, 0.05) is 64.8 Å². The van der Waals surface area contributed by atoms with E-state index in [9.17, 15) is 9.59 Å². The minimum atomic E-state index is -0.635. The van der Waals surface area contributed by atoms with Crippen LogP contribution >= 0.6 is 0 Å². The van der Waals surface area contributed by atoms with Gasteiger partial charge in [0.25, 0.3) is 11.8 Å². The summed E-state index contributed by atoms with van der Waals surface area (Å²) >= 11 is 0. The number of rotatable bonds is 2. The quantitative estimate of drug-likeness (QED) is 0.786. The van der Waals surface area contributed by atoms with Gasteiger partial charge in [0.15, 0.2) is 6.10 Å². The molecule has 2 aromatic heterocycles. The van der Waals surface area contributed by atoms with Crippen LogP contribution in [0.2, 0.25) is 0 Å². The SMILES string of the molecule is CN(C)C(=O)[C@@H]1Cn2ccnc2C2(CCN(C(=O)c3cccnc3)CC2)O1. The lowest BCUT2D eigenvalue weighted by Gasteiger charge is -2.45. The highest BCUT2D eigenvalue weighted by atomic mass is 16.5. The summed E-state index contributed by atoms with van der Waals surface area (Å²) in [5.41, 5.74) is -0.0516. The number of hydrogen-bond acceptors (Lipinski definition) is 5. The van der Waals surface area contributed by atoms with E-state index in [2.05, 4.69) is 9.97 Å². The number of hydrogen-bond donors (Lipinski definition) is 0. The van der Waals surface area contributed by atoms with Gasteiger partial charge >= 0.3 is 0 Å². The van der Waals surface area contributed by atoms with Gasteiger partial charge in [-0.3, -0.25) is 14.6 Å². The number of likely N-dealkylation sites (N-methyl/N-ethyl adjacent to an activating group) is 1. The molecule has 142 valence electrons. The summed E-state index contributed by atoms with van der Waals surface area (Å²) in [6, 6.07) is 3.53. The van der Waals surface area contributed by atoms with Crippen LogP contribution in [-0.4, -0.2) is 69.4 Å². The third kappa shape index (κ3) is 3.10. The van der Waals surface area contributed by atoms with Crippen molar-refractivity contribution in [2.75, 3.05) is 27.2 Å². The smallest absolute Gasteiger partial charge is 0.255 e. The number of ether oxygens (including phenoxy) is 1. The molecule has 2 aliphatic rings. The van der Waals surface area contributed by atoms with Crippen molar-refractivity contribution in [3.8, 4) is 0 Å². The molecule has 1 fully saturated rings. The zero-order valence-corrected chi connectivity index (χ0v) is 15.5. The monoisotopic (exact) mass is 369 g/mol. The lowest BCUT2D eigenvalue weighted by Crippen LogP contribution is -2.54. The Kier molecular flexibility index (Phi) is 4.43. The normalized spacial score (nSPS) is 21.0. The average molecular weight is 369 g/mol. The van der Waals surface area contributed by atoms with Gasteiger partial charge in [-0.1, -0.05) is 0 Å². The van der Waals surface area contributed by atoms with Gasteiger partial charge in [-0.15, -0.1) is 0 Å². The molecule has 2 aromatic rings. The highest BCUT2D eigenvalue weighted by Gasteiger charge is 2.47.